The molecule has 4 nitrogen and oxygen atoms in total. The molecule has 1 aliphatic carbocycles. The quantitative estimate of drug-likeness (QED) is 0.614. The number of benzene rings is 1. The van der Waals surface area contributed by atoms with Crippen LogP contribution in [-0.4, -0.2) is 22.4 Å². The first kappa shape index (κ1) is 14.8. The van der Waals surface area contributed by atoms with Crippen LogP contribution in [0, 0.1) is 9.49 Å². The Labute approximate surface area is 138 Å². The SMILES string of the molecule is CC1CCC2(CC1)NC(=O)N(Cc1ccc(I)cc1)C2=O. The summed E-state index contributed by atoms with van der Waals surface area (Å²) in [5.74, 6) is 0.600. The molecule has 21 heavy (non-hydrogen) atoms. The number of amides is 3. The number of imide groups is 1. The molecule has 112 valence electrons. The fourth-order valence-electron chi connectivity index (χ4n) is 3.19. The van der Waals surface area contributed by atoms with E-state index in [-0.39, 0.29) is 11.9 Å². The van der Waals surface area contributed by atoms with Crippen molar-refractivity contribution in [1.29, 1.82) is 0 Å². The highest BCUT2D eigenvalue weighted by Gasteiger charge is 2.51. The van der Waals surface area contributed by atoms with Crippen molar-refractivity contribution in [3.8, 4) is 0 Å². The molecule has 1 aromatic rings. The van der Waals surface area contributed by atoms with E-state index in [9.17, 15) is 9.59 Å². The average molecular weight is 398 g/mol. The zero-order valence-electron chi connectivity index (χ0n) is 12.1. The molecular formula is C16H19IN2O2. The Morgan fingerprint density at radius 3 is 2.48 bits per heavy atom. The predicted molar refractivity (Wildman–Crippen MR) is 88.6 cm³/mol. The summed E-state index contributed by atoms with van der Waals surface area (Å²) in [5.41, 5.74) is 0.354. The van der Waals surface area contributed by atoms with Crippen LogP contribution in [0.2, 0.25) is 0 Å². The highest BCUT2D eigenvalue weighted by Crippen LogP contribution is 2.36. The largest absolute Gasteiger partial charge is 0.325 e. The van der Waals surface area contributed by atoms with Crippen LogP contribution in [-0.2, 0) is 11.3 Å². The molecule has 1 N–H and O–H groups in total. The van der Waals surface area contributed by atoms with E-state index < -0.39 is 5.54 Å². The third kappa shape index (κ3) is 2.80. The van der Waals surface area contributed by atoms with E-state index in [1.165, 1.54) is 4.90 Å². The highest BCUT2D eigenvalue weighted by atomic mass is 127. The van der Waals surface area contributed by atoms with Crippen LogP contribution in [0.25, 0.3) is 0 Å². The van der Waals surface area contributed by atoms with Gasteiger partial charge in [0, 0.05) is 3.57 Å². The molecule has 2 aliphatic rings. The Bertz CT molecular complexity index is 562. The molecule has 0 bridgehead atoms. The molecule has 3 rings (SSSR count). The van der Waals surface area contributed by atoms with Gasteiger partial charge in [-0.15, -0.1) is 0 Å². The van der Waals surface area contributed by atoms with Crippen LogP contribution in [0.15, 0.2) is 24.3 Å². The molecule has 0 aromatic heterocycles. The van der Waals surface area contributed by atoms with Gasteiger partial charge in [0.15, 0.2) is 0 Å². The van der Waals surface area contributed by atoms with Crippen LogP contribution in [0.3, 0.4) is 0 Å². The minimum atomic E-state index is -0.632. The van der Waals surface area contributed by atoms with Crippen LogP contribution < -0.4 is 5.32 Å². The minimum absolute atomic E-state index is 0.0436. The van der Waals surface area contributed by atoms with Gasteiger partial charge in [-0.05, 0) is 71.9 Å². The summed E-state index contributed by atoms with van der Waals surface area (Å²) in [7, 11) is 0. The summed E-state index contributed by atoms with van der Waals surface area (Å²) >= 11 is 2.24. The summed E-state index contributed by atoms with van der Waals surface area (Å²) < 4.78 is 1.14. The van der Waals surface area contributed by atoms with Crippen molar-refractivity contribution in [2.45, 2.75) is 44.7 Å². The minimum Gasteiger partial charge on any atom is -0.323 e. The van der Waals surface area contributed by atoms with Gasteiger partial charge in [0.2, 0.25) is 0 Å². The van der Waals surface area contributed by atoms with Crippen LogP contribution in [0.5, 0.6) is 0 Å². The van der Waals surface area contributed by atoms with Crippen LogP contribution in [0.1, 0.15) is 38.2 Å². The van der Waals surface area contributed by atoms with Crippen molar-refractivity contribution in [3.05, 3.63) is 33.4 Å². The van der Waals surface area contributed by atoms with Crippen molar-refractivity contribution in [2.24, 2.45) is 5.92 Å². The first-order valence-corrected chi connectivity index (χ1v) is 8.47. The first-order chi connectivity index (χ1) is 10.00. The van der Waals surface area contributed by atoms with Crippen molar-refractivity contribution < 1.29 is 9.59 Å². The monoisotopic (exact) mass is 398 g/mol. The lowest BCUT2D eigenvalue weighted by molar-refractivity contribution is -0.133. The number of hydrogen-bond donors (Lipinski definition) is 1. The molecule has 1 saturated heterocycles. The summed E-state index contributed by atoms with van der Waals surface area (Å²) in [6.45, 7) is 2.57. The molecule has 5 heteroatoms. The van der Waals surface area contributed by atoms with Crippen molar-refractivity contribution in [1.82, 2.24) is 10.2 Å². The maximum Gasteiger partial charge on any atom is 0.325 e. The average Bonchev–Trinajstić information content (AvgIpc) is 2.69. The number of rotatable bonds is 2. The van der Waals surface area contributed by atoms with Crippen molar-refractivity contribution in [2.75, 3.05) is 0 Å². The number of urea groups is 1. The van der Waals surface area contributed by atoms with Crippen molar-refractivity contribution in [3.63, 3.8) is 0 Å². The first-order valence-electron chi connectivity index (χ1n) is 7.39. The molecule has 1 aromatic carbocycles. The molecule has 2 fully saturated rings. The number of halogens is 1. The van der Waals surface area contributed by atoms with Gasteiger partial charge in [-0.1, -0.05) is 19.1 Å². The molecule has 1 heterocycles. The Morgan fingerprint density at radius 1 is 1.24 bits per heavy atom. The van der Waals surface area contributed by atoms with Gasteiger partial charge in [-0.2, -0.15) is 0 Å². The molecule has 3 amide bonds. The summed E-state index contributed by atoms with van der Waals surface area (Å²) in [6, 6.07) is 7.68. The summed E-state index contributed by atoms with van der Waals surface area (Å²) in [5, 5.41) is 2.96. The van der Waals surface area contributed by atoms with E-state index in [0.29, 0.717) is 12.5 Å². The van der Waals surface area contributed by atoms with Gasteiger partial charge >= 0.3 is 6.03 Å². The molecule has 0 atom stereocenters. The second-order valence-electron chi connectivity index (χ2n) is 6.21. The molecule has 1 saturated carbocycles. The Balaban J connectivity index is 1.76. The van der Waals surface area contributed by atoms with Gasteiger partial charge in [-0.3, -0.25) is 9.69 Å². The van der Waals surface area contributed by atoms with E-state index in [2.05, 4.69) is 34.8 Å². The normalized spacial score (nSPS) is 29.0. The number of carbonyl (C=O) groups excluding carboxylic acids is 2. The van der Waals surface area contributed by atoms with E-state index in [0.717, 1.165) is 34.8 Å². The van der Waals surface area contributed by atoms with Crippen LogP contribution in [0.4, 0.5) is 4.79 Å². The van der Waals surface area contributed by atoms with Gasteiger partial charge in [0.25, 0.3) is 5.91 Å². The highest BCUT2D eigenvalue weighted by molar-refractivity contribution is 14.1. The Kier molecular flexibility index (Phi) is 3.94. The van der Waals surface area contributed by atoms with Gasteiger partial charge in [0.1, 0.15) is 5.54 Å². The maximum absolute atomic E-state index is 12.7. The lowest BCUT2D eigenvalue weighted by Crippen LogP contribution is -2.49. The molecule has 0 unspecified atom stereocenters. The topological polar surface area (TPSA) is 49.4 Å². The van der Waals surface area contributed by atoms with Crippen LogP contribution >= 0.6 is 22.6 Å². The predicted octanol–water partition coefficient (Wildman–Crippen LogP) is 3.29. The van der Waals surface area contributed by atoms with E-state index in [1.54, 1.807) is 0 Å². The molecule has 1 spiro atoms. The van der Waals surface area contributed by atoms with Gasteiger partial charge in [0.05, 0.1) is 6.54 Å². The molecular weight excluding hydrogens is 379 g/mol. The van der Waals surface area contributed by atoms with E-state index >= 15 is 0 Å². The van der Waals surface area contributed by atoms with Crippen molar-refractivity contribution >= 4 is 34.5 Å². The Hall–Kier alpha value is -1.11. The molecule has 1 aliphatic heterocycles. The second kappa shape index (κ2) is 5.59. The van der Waals surface area contributed by atoms with E-state index in [1.807, 2.05) is 24.3 Å². The summed E-state index contributed by atoms with van der Waals surface area (Å²) in [6.07, 6.45) is 3.54. The van der Waals surface area contributed by atoms with E-state index in [4.69, 9.17) is 0 Å². The van der Waals surface area contributed by atoms with Gasteiger partial charge < -0.3 is 5.32 Å². The number of nitrogens with zero attached hydrogens (tertiary/aromatic N) is 1. The third-order valence-corrected chi connectivity index (χ3v) is 5.35. The second-order valence-corrected chi connectivity index (χ2v) is 7.46. The number of nitrogens with one attached hydrogen (secondary N) is 1. The lowest BCUT2D eigenvalue weighted by Gasteiger charge is -2.33. The Morgan fingerprint density at radius 2 is 1.86 bits per heavy atom. The maximum atomic E-state index is 12.7. The zero-order valence-corrected chi connectivity index (χ0v) is 14.2. The number of hydrogen-bond acceptors (Lipinski definition) is 2. The standard InChI is InChI=1S/C16H19IN2O2/c1-11-6-8-16(9-7-11)14(20)19(15(21)18-16)10-12-2-4-13(17)5-3-12/h2-5,11H,6-10H2,1H3,(H,18,21). The third-order valence-electron chi connectivity index (χ3n) is 4.63. The fourth-order valence-corrected chi connectivity index (χ4v) is 3.55. The molecule has 0 radical (unpaired) electrons. The zero-order chi connectivity index (χ0) is 15.0. The lowest BCUT2D eigenvalue weighted by atomic mass is 9.77. The fraction of sp³-hybridized carbons (Fsp3) is 0.500. The number of carbonyl (C=O) groups is 2. The summed E-state index contributed by atoms with van der Waals surface area (Å²) in [4.78, 5) is 26.3. The van der Waals surface area contributed by atoms with Gasteiger partial charge in [-0.25, -0.2) is 4.79 Å². The smallest absolute Gasteiger partial charge is 0.323 e.